The molecule has 76 valence electrons. The molecule has 0 heterocycles. The largest absolute Gasteiger partial charge is 0.370 e. The second kappa shape index (κ2) is 5.07. The lowest BCUT2D eigenvalue weighted by Gasteiger charge is -2.27. The third-order valence-electron chi connectivity index (χ3n) is 2.88. The number of nitrogens with two attached hydrogens (primary N) is 2. The van der Waals surface area contributed by atoms with E-state index in [1.54, 1.807) is 0 Å². The zero-order valence-electron chi connectivity index (χ0n) is 8.05. The van der Waals surface area contributed by atoms with Crippen molar-refractivity contribution in [2.24, 2.45) is 23.3 Å². The van der Waals surface area contributed by atoms with Gasteiger partial charge in [-0.15, -0.1) is 0 Å². The molecule has 0 amide bonds. The van der Waals surface area contributed by atoms with Crippen molar-refractivity contribution in [1.82, 2.24) is 5.32 Å². The first-order chi connectivity index (χ1) is 6.22. The molecule has 1 aliphatic rings. The zero-order chi connectivity index (χ0) is 9.68. The highest BCUT2D eigenvalue weighted by Gasteiger charge is 2.19. The van der Waals surface area contributed by atoms with Crippen molar-refractivity contribution in [1.29, 1.82) is 5.41 Å². The van der Waals surface area contributed by atoms with Crippen LogP contribution in [0.1, 0.15) is 25.7 Å². The van der Waals surface area contributed by atoms with Gasteiger partial charge in [-0.3, -0.25) is 5.41 Å². The van der Waals surface area contributed by atoms with E-state index in [9.17, 15) is 0 Å². The maximum absolute atomic E-state index is 7.04. The molecule has 0 radical (unpaired) electrons. The molecule has 1 fully saturated rings. The van der Waals surface area contributed by atoms with Gasteiger partial charge in [0.1, 0.15) is 0 Å². The van der Waals surface area contributed by atoms with Gasteiger partial charge < -0.3 is 16.8 Å². The van der Waals surface area contributed by atoms with E-state index in [-0.39, 0.29) is 5.96 Å². The number of hydrogen-bond donors (Lipinski definition) is 4. The quantitative estimate of drug-likeness (QED) is 0.374. The summed E-state index contributed by atoms with van der Waals surface area (Å²) in [5.41, 5.74) is 10.8. The summed E-state index contributed by atoms with van der Waals surface area (Å²) in [6, 6.07) is 0. The summed E-state index contributed by atoms with van der Waals surface area (Å²) in [5, 5.41) is 9.91. The van der Waals surface area contributed by atoms with Crippen LogP contribution >= 0.6 is 0 Å². The van der Waals surface area contributed by atoms with Gasteiger partial charge in [0, 0.05) is 6.54 Å². The van der Waals surface area contributed by atoms with Gasteiger partial charge >= 0.3 is 0 Å². The van der Waals surface area contributed by atoms with Crippen LogP contribution in [0.3, 0.4) is 0 Å². The van der Waals surface area contributed by atoms with Crippen molar-refractivity contribution in [3.05, 3.63) is 0 Å². The Morgan fingerprint density at radius 2 is 1.77 bits per heavy atom. The second-order valence-electron chi connectivity index (χ2n) is 3.92. The van der Waals surface area contributed by atoms with Crippen molar-refractivity contribution in [2.75, 3.05) is 13.1 Å². The highest BCUT2D eigenvalue weighted by atomic mass is 15.0. The smallest absolute Gasteiger partial charge is 0.185 e. The molecule has 0 spiro atoms. The number of nitrogens with one attached hydrogen (secondary N) is 2. The summed E-state index contributed by atoms with van der Waals surface area (Å²) in [4.78, 5) is 0. The molecule has 4 nitrogen and oxygen atoms in total. The van der Waals surface area contributed by atoms with Crippen LogP contribution in [-0.4, -0.2) is 19.0 Å². The predicted octanol–water partition coefficient (Wildman–Crippen LogP) is 0.235. The molecular weight excluding hydrogens is 164 g/mol. The van der Waals surface area contributed by atoms with Crippen LogP contribution in [0.15, 0.2) is 0 Å². The highest BCUT2D eigenvalue weighted by molar-refractivity contribution is 5.74. The Hall–Kier alpha value is -0.770. The van der Waals surface area contributed by atoms with Gasteiger partial charge in [0.15, 0.2) is 5.96 Å². The summed E-state index contributed by atoms with van der Waals surface area (Å²) in [6.07, 6.45) is 4.92. The Labute approximate surface area is 79.6 Å². The van der Waals surface area contributed by atoms with Crippen molar-refractivity contribution in [3.63, 3.8) is 0 Å². The van der Waals surface area contributed by atoms with E-state index >= 15 is 0 Å². The summed E-state index contributed by atoms with van der Waals surface area (Å²) < 4.78 is 0. The molecule has 0 aromatic carbocycles. The van der Waals surface area contributed by atoms with Gasteiger partial charge in [-0.2, -0.15) is 0 Å². The molecule has 0 aromatic rings. The first-order valence-corrected chi connectivity index (χ1v) is 5.00. The summed E-state index contributed by atoms with van der Waals surface area (Å²) in [6.45, 7) is 1.68. The topological polar surface area (TPSA) is 87.9 Å². The minimum absolute atomic E-state index is 0.0842. The van der Waals surface area contributed by atoms with Crippen molar-refractivity contribution >= 4 is 5.96 Å². The average Bonchev–Trinajstić information content (AvgIpc) is 2.15. The third kappa shape index (κ3) is 3.63. The standard InChI is InChI=1S/C9H20N4/c10-5-7-1-3-8(4-2-7)6-13-9(11)12/h7-8H,1-6,10H2,(H4,11,12,13). The molecule has 4 heteroatoms. The molecule has 0 bridgehead atoms. The van der Waals surface area contributed by atoms with Gasteiger partial charge in [0.2, 0.25) is 0 Å². The van der Waals surface area contributed by atoms with Crippen LogP contribution in [0.5, 0.6) is 0 Å². The van der Waals surface area contributed by atoms with E-state index in [2.05, 4.69) is 5.32 Å². The maximum atomic E-state index is 7.04. The Kier molecular flexibility index (Phi) is 4.02. The first-order valence-electron chi connectivity index (χ1n) is 5.00. The lowest BCUT2D eigenvalue weighted by Crippen LogP contribution is -2.36. The Morgan fingerprint density at radius 3 is 2.23 bits per heavy atom. The maximum Gasteiger partial charge on any atom is 0.185 e. The third-order valence-corrected chi connectivity index (χ3v) is 2.88. The van der Waals surface area contributed by atoms with Crippen LogP contribution < -0.4 is 16.8 Å². The zero-order valence-corrected chi connectivity index (χ0v) is 8.05. The van der Waals surface area contributed by atoms with E-state index in [0.29, 0.717) is 5.92 Å². The van der Waals surface area contributed by atoms with Gasteiger partial charge in [-0.05, 0) is 44.1 Å². The lowest BCUT2D eigenvalue weighted by atomic mass is 9.82. The van der Waals surface area contributed by atoms with Crippen molar-refractivity contribution in [2.45, 2.75) is 25.7 Å². The molecule has 0 atom stereocenters. The SMILES string of the molecule is N=C(N)NCC1CCC(CN)CC1. The fourth-order valence-corrected chi connectivity index (χ4v) is 1.93. The molecule has 13 heavy (non-hydrogen) atoms. The molecule has 1 saturated carbocycles. The molecule has 1 rings (SSSR count). The highest BCUT2D eigenvalue weighted by Crippen LogP contribution is 2.27. The van der Waals surface area contributed by atoms with E-state index in [1.165, 1.54) is 25.7 Å². The fourth-order valence-electron chi connectivity index (χ4n) is 1.93. The van der Waals surface area contributed by atoms with E-state index in [1.807, 2.05) is 0 Å². The second-order valence-corrected chi connectivity index (χ2v) is 3.92. The van der Waals surface area contributed by atoms with E-state index in [0.717, 1.165) is 19.0 Å². The van der Waals surface area contributed by atoms with Crippen LogP contribution in [-0.2, 0) is 0 Å². The fraction of sp³-hybridized carbons (Fsp3) is 0.889. The number of hydrogen-bond acceptors (Lipinski definition) is 2. The Bertz CT molecular complexity index is 161. The monoisotopic (exact) mass is 184 g/mol. The first kappa shape index (κ1) is 10.3. The molecule has 0 aromatic heterocycles. The average molecular weight is 184 g/mol. The normalized spacial score (nSPS) is 28.4. The molecule has 1 aliphatic carbocycles. The number of guanidine groups is 1. The van der Waals surface area contributed by atoms with E-state index < -0.39 is 0 Å². The number of rotatable bonds is 3. The van der Waals surface area contributed by atoms with Gasteiger partial charge in [-0.1, -0.05) is 0 Å². The minimum atomic E-state index is 0.0842. The van der Waals surface area contributed by atoms with Gasteiger partial charge in [0.05, 0.1) is 0 Å². The van der Waals surface area contributed by atoms with Crippen LogP contribution in [0.4, 0.5) is 0 Å². The molecule has 6 N–H and O–H groups in total. The lowest BCUT2D eigenvalue weighted by molar-refractivity contribution is 0.279. The van der Waals surface area contributed by atoms with Crippen LogP contribution in [0, 0.1) is 17.2 Å². The van der Waals surface area contributed by atoms with Gasteiger partial charge in [0.25, 0.3) is 0 Å². The molecule has 0 aliphatic heterocycles. The van der Waals surface area contributed by atoms with Crippen molar-refractivity contribution < 1.29 is 0 Å². The summed E-state index contributed by atoms with van der Waals surface area (Å²) in [5.74, 6) is 1.50. The summed E-state index contributed by atoms with van der Waals surface area (Å²) >= 11 is 0. The van der Waals surface area contributed by atoms with Crippen molar-refractivity contribution in [3.8, 4) is 0 Å². The molecular formula is C9H20N4. The molecule has 0 saturated heterocycles. The summed E-state index contributed by atoms with van der Waals surface area (Å²) in [7, 11) is 0. The van der Waals surface area contributed by atoms with E-state index in [4.69, 9.17) is 16.9 Å². The predicted molar refractivity (Wildman–Crippen MR) is 54.4 cm³/mol. The minimum Gasteiger partial charge on any atom is -0.370 e. The van der Waals surface area contributed by atoms with Crippen LogP contribution in [0.25, 0.3) is 0 Å². The Morgan fingerprint density at radius 1 is 1.23 bits per heavy atom. The van der Waals surface area contributed by atoms with Gasteiger partial charge in [-0.25, -0.2) is 0 Å². The Balaban J connectivity index is 2.14. The van der Waals surface area contributed by atoms with Crippen LogP contribution in [0.2, 0.25) is 0 Å². The molecule has 0 unspecified atom stereocenters.